The van der Waals surface area contributed by atoms with Crippen LogP contribution in [0.4, 0.5) is 0 Å². The lowest BCUT2D eigenvalue weighted by Crippen LogP contribution is -2.41. The van der Waals surface area contributed by atoms with Crippen LogP contribution in [-0.4, -0.2) is 27.9 Å². The predicted octanol–water partition coefficient (Wildman–Crippen LogP) is 5.35. The summed E-state index contributed by atoms with van der Waals surface area (Å²) in [5, 5.41) is 10.2. The summed E-state index contributed by atoms with van der Waals surface area (Å²) < 4.78 is 5.74. The summed E-state index contributed by atoms with van der Waals surface area (Å²) in [6.07, 6.45) is 0.940. The van der Waals surface area contributed by atoms with Crippen LogP contribution in [0, 0.1) is 0 Å². The molecule has 3 aromatic rings. The van der Waals surface area contributed by atoms with Gasteiger partial charge in [0.2, 0.25) is 0 Å². The Hall–Kier alpha value is -3.31. The molecule has 6 heteroatoms. The molecule has 31 heavy (non-hydrogen) atoms. The highest BCUT2D eigenvalue weighted by molar-refractivity contribution is 6.31. The van der Waals surface area contributed by atoms with Crippen molar-refractivity contribution in [1.82, 2.24) is 4.90 Å². The number of rotatable bonds is 6. The van der Waals surface area contributed by atoms with Gasteiger partial charge in [-0.3, -0.25) is 4.79 Å². The average molecular weight is 436 g/mol. The fourth-order valence-electron chi connectivity index (χ4n) is 3.96. The highest BCUT2D eigenvalue weighted by Gasteiger charge is 2.42. The van der Waals surface area contributed by atoms with Crippen molar-refractivity contribution < 1.29 is 19.4 Å². The number of carboxylic acid groups (broad SMARTS) is 1. The van der Waals surface area contributed by atoms with Crippen molar-refractivity contribution in [2.24, 2.45) is 0 Å². The first kappa shape index (κ1) is 20.9. The van der Waals surface area contributed by atoms with Gasteiger partial charge in [0.05, 0.1) is 6.04 Å². The Morgan fingerprint density at radius 2 is 1.61 bits per heavy atom. The Morgan fingerprint density at radius 3 is 2.29 bits per heavy atom. The predicted molar refractivity (Wildman–Crippen MR) is 118 cm³/mol. The molecule has 1 aliphatic rings. The highest BCUT2D eigenvalue weighted by Crippen LogP contribution is 2.40. The average Bonchev–Trinajstić information content (AvgIpc) is 3.24. The number of halogens is 1. The number of benzene rings is 3. The number of hydrogen-bond acceptors (Lipinski definition) is 3. The van der Waals surface area contributed by atoms with Gasteiger partial charge in [0.15, 0.2) is 0 Å². The van der Waals surface area contributed by atoms with Crippen LogP contribution in [0.3, 0.4) is 0 Å². The van der Waals surface area contributed by atoms with E-state index in [9.17, 15) is 14.7 Å². The molecular weight excluding hydrogens is 414 g/mol. The molecule has 0 aliphatic carbocycles. The van der Waals surface area contributed by atoms with E-state index in [-0.39, 0.29) is 11.9 Å². The number of carbonyl (C=O) groups is 2. The summed E-state index contributed by atoms with van der Waals surface area (Å²) >= 11 is 6.35. The summed E-state index contributed by atoms with van der Waals surface area (Å²) in [6, 6.07) is 22.6. The second-order valence-corrected chi connectivity index (χ2v) is 7.89. The molecular formula is C25H22ClNO4. The van der Waals surface area contributed by atoms with Crippen LogP contribution in [0.15, 0.2) is 78.9 Å². The zero-order chi connectivity index (χ0) is 21.8. The van der Waals surface area contributed by atoms with Gasteiger partial charge in [0, 0.05) is 10.6 Å². The first-order chi connectivity index (χ1) is 15.0. The maximum absolute atomic E-state index is 13.3. The lowest BCUT2D eigenvalue weighted by atomic mass is 10.0. The van der Waals surface area contributed by atoms with E-state index in [4.69, 9.17) is 16.3 Å². The number of hydrogen-bond donors (Lipinski definition) is 1. The van der Waals surface area contributed by atoms with E-state index in [1.54, 1.807) is 18.2 Å². The van der Waals surface area contributed by atoms with E-state index in [0.717, 1.165) is 16.9 Å². The molecule has 0 bridgehead atoms. The Labute approximate surface area is 185 Å². The van der Waals surface area contributed by atoms with Crippen molar-refractivity contribution in [3.05, 3.63) is 101 Å². The number of carbonyl (C=O) groups excluding carboxylic acids is 1. The Kier molecular flexibility index (Phi) is 6.23. The number of likely N-dealkylation sites (tertiary alicyclic amines) is 1. The molecule has 2 atom stereocenters. The van der Waals surface area contributed by atoms with Gasteiger partial charge in [-0.15, -0.1) is 0 Å². The minimum Gasteiger partial charge on any atom is -0.489 e. The second-order valence-electron chi connectivity index (χ2n) is 7.48. The van der Waals surface area contributed by atoms with Crippen molar-refractivity contribution >= 4 is 23.5 Å². The number of para-hydroxylation sites is 1. The van der Waals surface area contributed by atoms with Crippen molar-refractivity contribution in [2.75, 3.05) is 0 Å². The van der Waals surface area contributed by atoms with Crippen LogP contribution in [0.5, 0.6) is 5.75 Å². The van der Waals surface area contributed by atoms with Gasteiger partial charge in [-0.1, -0.05) is 60.1 Å². The molecule has 0 saturated carbocycles. The topological polar surface area (TPSA) is 66.8 Å². The van der Waals surface area contributed by atoms with Crippen LogP contribution < -0.4 is 4.74 Å². The zero-order valence-corrected chi connectivity index (χ0v) is 17.5. The molecule has 1 N–H and O–H groups in total. The minimum atomic E-state index is -1.00. The standard InChI is InChI=1S/C25H22ClNO4/c26-21-9-5-4-8-20(21)22-14-15-23(25(29)30)27(22)24(28)18-12-10-17(11-13-18)16-31-19-6-2-1-3-7-19/h1-13,22-23H,14-16H2,(H,29,30)/t22?,23-/m0/s1. The summed E-state index contributed by atoms with van der Waals surface area (Å²) in [4.78, 5) is 26.6. The van der Waals surface area contributed by atoms with E-state index >= 15 is 0 Å². The molecule has 0 spiro atoms. The maximum Gasteiger partial charge on any atom is 0.326 e. The van der Waals surface area contributed by atoms with E-state index in [0.29, 0.717) is 30.0 Å². The second kappa shape index (κ2) is 9.23. The van der Waals surface area contributed by atoms with Crippen molar-refractivity contribution in [1.29, 1.82) is 0 Å². The van der Waals surface area contributed by atoms with Gasteiger partial charge in [-0.25, -0.2) is 4.79 Å². The zero-order valence-electron chi connectivity index (χ0n) is 16.8. The van der Waals surface area contributed by atoms with E-state index in [1.807, 2.05) is 60.7 Å². The molecule has 158 valence electrons. The van der Waals surface area contributed by atoms with E-state index < -0.39 is 12.0 Å². The number of nitrogens with zero attached hydrogens (tertiary/aromatic N) is 1. The normalized spacial score (nSPS) is 18.0. The molecule has 1 unspecified atom stereocenters. The van der Waals surface area contributed by atoms with Crippen LogP contribution in [0.1, 0.15) is 40.4 Å². The quantitative estimate of drug-likeness (QED) is 0.566. The van der Waals surface area contributed by atoms with E-state index in [1.165, 1.54) is 4.90 Å². The Bertz CT molecular complexity index is 1070. The number of amides is 1. The molecule has 0 radical (unpaired) electrons. The molecule has 0 aromatic heterocycles. The maximum atomic E-state index is 13.3. The molecule has 1 fully saturated rings. The Morgan fingerprint density at radius 1 is 0.935 bits per heavy atom. The third kappa shape index (κ3) is 4.57. The van der Waals surface area contributed by atoms with Gasteiger partial charge < -0.3 is 14.7 Å². The highest BCUT2D eigenvalue weighted by atomic mass is 35.5. The summed E-state index contributed by atoms with van der Waals surface area (Å²) in [5.74, 6) is -0.548. The van der Waals surface area contributed by atoms with Crippen molar-refractivity contribution in [2.45, 2.75) is 31.5 Å². The van der Waals surface area contributed by atoms with Gasteiger partial charge in [-0.05, 0) is 54.3 Å². The van der Waals surface area contributed by atoms with Crippen LogP contribution in [0.2, 0.25) is 5.02 Å². The monoisotopic (exact) mass is 435 g/mol. The van der Waals surface area contributed by atoms with Crippen molar-refractivity contribution in [3.8, 4) is 5.75 Å². The molecule has 4 rings (SSSR count). The lowest BCUT2D eigenvalue weighted by molar-refractivity contribution is -0.141. The van der Waals surface area contributed by atoms with Crippen molar-refractivity contribution in [3.63, 3.8) is 0 Å². The number of aliphatic carboxylic acids is 1. The number of ether oxygens (including phenoxy) is 1. The number of carboxylic acids is 1. The molecule has 1 amide bonds. The SMILES string of the molecule is O=C(O)[C@@H]1CCC(c2ccccc2Cl)N1C(=O)c1ccc(COc2ccccc2)cc1. The summed E-state index contributed by atoms with van der Waals surface area (Å²) in [5.41, 5.74) is 2.13. The van der Waals surface area contributed by atoms with Gasteiger partial charge >= 0.3 is 5.97 Å². The van der Waals surface area contributed by atoms with Gasteiger partial charge in [-0.2, -0.15) is 0 Å². The largest absolute Gasteiger partial charge is 0.489 e. The fourth-order valence-corrected chi connectivity index (χ4v) is 4.23. The molecule has 1 saturated heterocycles. The van der Waals surface area contributed by atoms with Crippen LogP contribution in [-0.2, 0) is 11.4 Å². The third-order valence-electron chi connectivity index (χ3n) is 5.52. The molecule has 5 nitrogen and oxygen atoms in total. The van der Waals surface area contributed by atoms with Gasteiger partial charge in [0.25, 0.3) is 5.91 Å². The summed E-state index contributed by atoms with van der Waals surface area (Å²) in [6.45, 7) is 0.377. The van der Waals surface area contributed by atoms with Crippen LogP contribution in [0.25, 0.3) is 0 Å². The fraction of sp³-hybridized carbons (Fsp3) is 0.200. The summed E-state index contributed by atoms with van der Waals surface area (Å²) in [7, 11) is 0. The lowest BCUT2D eigenvalue weighted by Gasteiger charge is -2.29. The third-order valence-corrected chi connectivity index (χ3v) is 5.86. The first-order valence-corrected chi connectivity index (χ1v) is 10.5. The Balaban J connectivity index is 1.54. The van der Waals surface area contributed by atoms with Gasteiger partial charge in [0.1, 0.15) is 18.4 Å². The molecule has 1 heterocycles. The van der Waals surface area contributed by atoms with Crippen LogP contribution >= 0.6 is 11.6 Å². The first-order valence-electron chi connectivity index (χ1n) is 10.1. The molecule has 1 aliphatic heterocycles. The van der Waals surface area contributed by atoms with E-state index in [2.05, 4.69) is 0 Å². The molecule has 3 aromatic carbocycles. The minimum absolute atomic E-state index is 0.314. The smallest absolute Gasteiger partial charge is 0.326 e.